The number of carbonyl (C=O) groups excluding carboxylic acids is 2. The molecule has 1 heterocycles. The lowest BCUT2D eigenvalue weighted by molar-refractivity contribution is 0.0474. The lowest BCUT2D eigenvalue weighted by Crippen LogP contribution is -2.30. The maximum absolute atomic E-state index is 12.6. The van der Waals surface area contributed by atoms with E-state index in [0.29, 0.717) is 13.1 Å². The number of esters is 1. The normalized spacial score (nSPS) is 15.0. The molecule has 0 saturated carbocycles. The highest BCUT2D eigenvalue weighted by molar-refractivity contribution is 7.89. The minimum Gasteiger partial charge on any atom is -0.454 e. The Bertz CT molecular complexity index is 1210. The first-order valence-electron chi connectivity index (χ1n) is 10.4. The highest BCUT2D eigenvalue weighted by atomic mass is 32.2. The van der Waals surface area contributed by atoms with Crippen LogP contribution in [0.15, 0.2) is 58.3 Å². The fourth-order valence-corrected chi connectivity index (χ4v) is 6.10. The summed E-state index contributed by atoms with van der Waals surface area (Å²) in [6, 6.07) is 10.4. The van der Waals surface area contributed by atoms with Gasteiger partial charge in [0.15, 0.2) is 12.4 Å². The van der Waals surface area contributed by atoms with Crippen molar-refractivity contribution >= 4 is 31.8 Å². The molecule has 0 bridgehead atoms. The second-order valence-electron chi connectivity index (χ2n) is 7.94. The van der Waals surface area contributed by atoms with Crippen LogP contribution >= 0.6 is 0 Å². The summed E-state index contributed by atoms with van der Waals surface area (Å²) < 4.78 is 58.3. The maximum Gasteiger partial charge on any atom is 0.338 e. The van der Waals surface area contributed by atoms with Crippen LogP contribution in [0.1, 0.15) is 47.4 Å². The van der Waals surface area contributed by atoms with E-state index in [2.05, 4.69) is 4.72 Å². The van der Waals surface area contributed by atoms with E-state index in [1.807, 2.05) is 0 Å². The third-order valence-electron chi connectivity index (χ3n) is 5.00. The highest BCUT2D eigenvalue weighted by Crippen LogP contribution is 2.21. The van der Waals surface area contributed by atoms with E-state index in [9.17, 15) is 26.4 Å². The number of benzene rings is 2. The zero-order chi connectivity index (χ0) is 24.2. The Morgan fingerprint density at radius 3 is 1.94 bits per heavy atom. The van der Waals surface area contributed by atoms with E-state index in [4.69, 9.17) is 4.74 Å². The Hall–Kier alpha value is -2.60. The van der Waals surface area contributed by atoms with Gasteiger partial charge in [-0.1, -0.05) is 0 Å². The molecule has 1 N–H and O–H groups in total. The molecule has 0 spiro atoms. The number of rotatable bonds is 9. The molecule has 178 valence electrons. The zero-order valence-corrected chi connectivity index (χ0v) is 20.0. The summed E-state index contributed by atoms with van der Waals surface area (Å²) in [5.41, 5.74) is 0.308. The average Bonchev–Trinajstić information content (AvgIpc) is 3.32. The number of hydrogen-bond donors (Lipinski definition) is 1. The molecule has 0 radical (unpaired) electrons. The predicted octanol–water partition coefficient (Wildman–Crippen LogP) is 2.20. The molecule has 2 aromatic carbocycles. The molecular formula is C22H26N2O7S2. The highest BCUT2D eigenvalue weighted by Gasteiger charge is 2.27. The molecule has 2 aromatic rings. The van der Waals surface area contributed by atoms with Crippen molar-refractivity contribution in [1.82, 2.24) is 9.03 Å². The van der Waals surface area contributed by atoms with E-state index >= 15 is 0 Å². The molecule has 1 fully saturated rings. The Balaban J connectivity index is 1.59. The van der Waals surface area contributed by atoms with Gasteiger partial charge in [-0.05, 0) is 75.2 Å². The van der Waals surface area contributed by atoms with Gasteiger partial charge in [-0.3, -0.25) is 4.79 Å². The van der Waals surface area contributed by atoms with Crippen molar-refractivity contribution in [3.8, 4) is 0 Å². The lowest BCUT2D eigenvalue weighted by atomic mass is 10.1. The van der Waals surface area contributed by atoms with Crippen molar-refractivity contribution in [3.05, 3.63) is 59.7 Å². The summed E-state index contributed by atoms with van der Waals surface area (Å²) in [7, 11) is -7.26. The molecule has 11 heteroatoms. The Labute approximate surface area is 193 Å². The molecule has 1 aliphatic heterocycles. The first-order chi connectivity index (χ1) is 15.5. The predicted molar refractivity (Wildman–Crippen MR) is 121 cm³/mol. The molecule has 0 aliphatic carbocycles. The monoisotopic (exact) mass is 494 g/mol. The number of ketones is 1. The van der Waals surface area contributed by atoms with Gasteiger partial charge in [-0.15, -0.1) is 0 Å². The van der Waals surface area contributed by atoms with Gasteiger partial charge in [-0.25, -0.2) is 26.4 Å². The van der Waals surface area contributed by atoms with Gasteiger partial charge in [0, 0.05) is 24.7 Å². The average molecular weight is 495 g/mol. The summed E-state index contributed by atoms with van der Waals surface area (Å²) >= 11 is 0. The largest absolute Gasteiger partial charge is 0.454 e. The van der Waals surface area contributed by atoms with Crippen LogP contribution < -0.4 is 4.72 Å². The van der Waals surface area contributed by atoms with E-state index in [1.54, 1.807) is 13.8 Å². The van der Waals surface area contributed by atoms with Gasteiger partial charge in [0.2, 0.25) is 20.0 Å². The second kappa shape index (κ2) is 10.1. The molecule has 3 rings (SSSR count). The number of hydrogen-bond acceptors (Lipinski definition) is 7. The molecule has 9 nitrogen and oxygen atoms in total. The third-order valence-corrected chi connectivity index (χ3v) is 8.59. The maximum atomic E-state index is 12.6. The first kappa shape index (κ1) is 25.0. The molecule has 0 atom stereocenters. The van der Waals surface area contributed by atoms with Gasteiger partial charge in [-0.2, -0.15) is 4.31 Å². The fourth-order valence-electron chi connectivity index (χ4n) is 3.34. The minimum absolute atomic E-state index is 0.00722. The fraction of sp³-hybridized carbons (Fsp3) is 0.364. The van der Waals surface area contributed by atoms with Crippen molar-refractivity contribution in [3.63, 3.8) is 0 Å². The minimum atomic E-state index is -3.69. The Kier molecular flexibility index (Phi) is 7.68. The van der Waals surface area contributed by atoms with Gasteiger partial charge in [0.05, 0.1) is 15.4 Å². The number of nitrogens with zero attached hydrogens (tertiary/aromatic N) is 1. The van der Waals surface area contributed by atoms with Gasteiger partial charge < -0.3 is 4.74 Å². The molecule has 0 unspecified atom stereocenters. The van der Waals surface area contributed by atoms with Crippen LogP contribution in [0.5, 0.6) is 0 Å². The van der Waals surface area contributed by atoms with Crippen molar-refractivity contribution in [1.29, 1.82) is 0 Å². The van der Waals surface area contributed by atoms with Crippen molar-refractivity contribution < 1.29 is 31.2 Å². The van der Waals surface area contributed by atoms with E-state index < -0.39 is 38.4 Å². The lowest BCUT2D eigenvalue weighted by Gasteiger charge is -2.15. The smallest absolute Gasteiger partial charge is 0.338 e. The van der Waals surface area contributed by atoms with E-state index in [-0.39, 0.29) is 27.0 Å². The van der Waals surface area contributed by atoms with E-state index in [1.165, 1.54) is 52.8 Å². The number of carbonyl (C=O) groups is 2. The summed E-state index contributed by atoms with van der Waals surface area (Å²) in [6.45, 7) is 3.83. The van der Waals surface area contributed by atoms with Crippen LogP contribution in [-0.4, -0.2) is 58.6 Å². The Morgan fingerprint density at radius 1 is 0.879 bits per heavy atom. The second-order valence-corrected chi connectivity index (χ2v) is 11.6. The summed E-state index contributed by atoms with van der Waals surface area (Å²) in [6.07, 6.45) is 1.66. The van der Waals surface area contributed by atoms with Gasteiger partial charge in [0.25, 0.3) is 0 Å². The molecular weight excluding hydrogens is 468 g/mol. The number of ether oxygens (including phenoxy) is 1. The third kappa shape index (κ3) is 6.05. The molecule has 1 aliphatic rings. The summed E-state index contributed by atoms with van der Waals surface area (Å²) in [5, 5.41) is 0. The summed E-state index contributed by atoms with van der Waals surface area (Å²) in [4.78, 5) is 24.7. The van der Waals surface area contributed by atoms with Crippen LogP contribution in [0.4, 0.5) is 0 Å². The standard InChI is InChI=1S/C22H26N2O7S2/c1-16(2)23-32(27,28)19-9-7-18(8-10-19)22(26)31-15-21(25)17-5-11-20(12-6-17)33(29,30)24-13-3-4-14-24/h5-12,16,23H,3-4,13-15H2,1-2H3. The van der Waals surface area contributed by atoms with Crippen molar-refractivity contribution in [2.24, 2.45) is 0 Å². The van der Waals surface area contributed by atoms with Crippen molar-refractivity contribution in [2.45, 2.75) is 42.5 Å². The molecule has 0 aromatic heterocycles. The van der Waals surface area contributed by atoms with Crippen LogP contribution in [0.3, 0.4) is 0 Å². The molecule has 33 heavy (non-hydrogen) atoms. The SMILES string of the molecule is CC(C)NS(=O)(=O)c1ccc(C(=O)OCC(=O)c2ccc(S(=O)(=O)N3CCCC3)cc2)cc1. The topological polar surface area (TPSA) is 127 Å². The Morgan fingerprint density at radius 2 is 1.39 bits per heavy atom. The van der Waals surface area contributed by atoms with Gasteiger partial charge >= 0.3 is 5.97 Å². The zero-order valence-electron chi connectivity index (χ0n) is 18.4. The quantitative estimate of drug-likeness (QED) is 0.418. The van der Waals surface area contributed by atoms with Gasteiger partial charge in [0.1, 0.15) is 0 Å². The van der Waals surface area contributed by atoms with Crippen LogP contribution in [-0.2, 0) is 24.8 Å². The number of Topliss-reactive ketones (excluding diaryl/α,β-unsaturated/α-hetero) is 1. The molecule has 0 amide bonds. The number of sulfonamides is 2. The van der Waals surface area contributed by atoms with Crippen LogP contribution in [0.2, 0.25) is 0 Å². The van der Waals surface area contributed by atoms with E-state index in [0.717, 1.165) is 12.8 Å². The molecule has 1 saturated heterocycles. The van der Waals surface area contributed by atoms with Crippen molar-refractivity contribution in [2.75, 3.05) is 19.7 Å². The first-order valence-corrected chi connectivity index (χ1v) is 13.4. The summed E-state index contributed by atoms with van der Waals surface area (Å²) in [5.74, 6) is -1.27. The van der Waals surface area contributed by atoms with Crippen LogP contribution in [0.25, 0.3) is 0 Å². The number of nitrogens with one attached hydrogen (secondary N) is 1. The van der Waals surface area contributed by atoms with Crippen LogP contribution in [0, 0.1) is 0 Å².